The van der Waals surface area contributed by atoms with Gasteiger partial charge in [0.15, 0.2) is 0 Å². The lowest BCUT2D eigenvalue weighted by Gasteiger charge is -2.34. The molecule has 0 bridgehead atoms. The molecule has 0 aliphatic carbocycles. The van der Waals surface area contributed by atoms with Gasteiger partial charge in [-0.1, -0.05) is 30.3 Å². The van der Waals surface area contributed by atoms with Gasteiger partial charge in [0, 0.05) is 32.1 Å². The van der Waals surface area contributed by atoms with Crippen LogP contribution >= 0.6 is 11.3 Å². The maximum atomic E-state index is 13.3. The minimum absolute atomic E-state index is 0.137. The van der Waals surface area contributed by atoms with Crippen molar-refractivity contribution in [2.24, 2.45) is 5.92 Å². The first-order chi connectivity index (χ1) is 16.0. The smallest absolute Gasteiger partial charge is 0.123 e. The van der Waals surface area contributed by atoms with Crippen molar-refractivity contribution in [2.45, 2.75) is 45.1 Å². The van der Waals surface area contributed by atoms with E-state index in [0.29, 0.717) is 17.8 Å². The molecular formula is C29H35FN2S. The molecule has 2 saturated heterocycles. The highest BCUT2D eigenvalue weighted by molar-refractivity contribution is 7.08. The number of piperidine rings is 1. The van der Waals surface area contributed by atoms with E-state index >= 15 is 0 Å². The molecule has 2 aliphatic heterocycles. The fourth-order valence-corrected chi connectivity index (χ4v) is 6.54. The monoisotopic (exact) mass is 462 g/mol. The van der Waals surface area contributed by atoms with Gasteiger partial charge in [0.05, 0.1) is 0 Å². The Morgan fingerprint density at radius 2 is 1.67 bits per heavy atom. The molecule has 0 N–H and O–H groups in total. The van der Waals surface area contributed by atoms with Gasteiger partial charge in [-0.2, -0.15) is 11.3 Å². The molecule has 5 rings (SSSR count). The number of benzene rings is 2. The molecule has 4 heteroatoms. The van der Waals surface area contributed by atoms with Gasteiger partial charge in [-0.25, -0.2) is 4.39 Å². The third-order valence-electron chi connectivity index (χ3n) is 7.89. The normalized spacial score (nSPS) is 22.8. The quantitative estimate of drug-likeness (QED) is 0.407. The summed E-state index contributed by atoms with van der Waals surface area (Å²) >= 11 is 1.82. The summed E-state index contributed by atoms with van der Waals surface area (Å²) in [6, 6.07) is 16.4. The van der Waals surface area contributed by atoms with E-state index in [1.807, 2.05) is 23.5 Å². The van der Waals surface area contributed by atoms with E-state index in [1.54, 1.807) is 12.1 Å². The zero-order chi connectivity index (χ0) is 22.8. The van der Waals surface area contributed by atoms with Crippen LogP contribution in [-0.4, -0.2) is 42.5 Å². The molecule has 2 fully saturated rings. The number of nitrogens with zero attached hydrogens (tertiary/aromatic N) is 2. The van der Waals surface area contributed by atoms with Crippen molar-refractivity contribution in [3.63, 3.8) is 0 Å². The van der Waals surface area contributed by atoms with Gasteiger partial charge >= 0.3 is 0 Å². The van der Waals surface area contributed by atoms with Crippen LogP contribution in [0.25, 0.3) is 0 Å². The van der Waals surface area contributed by atoms with Crippen LogP contribution in [0.5, 0.6) is 0 Å². The Balaban J connectivity index is 1.22. The average molecular weight is 463 g/mol. The minimum Gasteiger partial charge on any atom is -0.303 e. The van der Waals surface area contributed by atoms with Gasteiger partial charge in [0.2, 0.25) is 0 Å². The predicted molar refractivity (Wildman–Crippen MR) is 137 cm³/mol. The third-order valence-corrected chi connectivity index (χ3v) is 8.59. The Morgan fingerprint density at radius 1 is 0.879 bits per heavy atom. The molecular weight excluding hydrogens is 427 g/mol. The second-order valence-electron chi connectivity index (χ2n) is 10.2. The van der Waals surface area contributed by atoms with Crippen molar-refractivity contribution in [2.75, 3.05) is 32.7 Å². The predicted octanol–water partition coefficient (Wildman–Crippen LogP) is 6.60. The number of hydrogen-bond donors (Lipinski definition) is 0. The van der Waals surface area contributed by atoms with Crippen LogP contribution in [0.4, 0.5) is 4.39 Å². The summed E-state index contributed by atoms with van der Waals surface area (Å²) in [6.07, 6.45) is 2.35. The number of aryl methyl sites for hydroxylation is 2. The molecule has 174 valence electrons. The maximum absolute atomic E-state index is 13.3. The average Bonchev–Trinajstić information content (AvgIpc) is 3.48. The molecule has 0 amide bonds. The van der Waals surface area contributed by atoms with Crippen molar-refractivity contribution in [1.29, 1.82) is 0 Å². The summed E-state index contributed by atoms with van der Waals surface area (Å²) < 4.78 is 13.3. The number of halogens is 1. The zero-order valence-corrected chi connectivity index (χ0v) is 20.7. The van der Waals surface area contributed by atoms with E-state index in [-0.39, 0.29) is 5.82 Å². The van der Waals surface area contributed by atoms with Crippen LogP contribution < -0.4 is 0 Å². The lowest BCUT2D eigenvalue weighted by atomic mass is 9.87. The molecule has 2 aromatic carbocycles. The van der Waals surface area contributed by atoms with Gasteiger partial charge in [-0.3, -0.25) is 4.90 Å². The fraction of sp³-hybridized carbons (Fsp3) is 0.448. The van der Waals surface area contributed by atoms with Crippen LogP contribution in [0.15, 0.2) is 59.3 Å². The van der Waals surface area contributed by atoms with Gasteiger partial charge < -0.3 is 4.90 Å². The van der Waals surface area contributed by atoms with Crippen LogP contribution in [-0.2, 0) is 6.54 Å². The Labute approximate surface area is 202 Å². The Morgan fingerprint density at radius 3 is 2.36 bits per heavy atom. The molecule has 2 atom stereocenters. The van der Waals surface area contributed by atoms with Gasteiger partial charge in [-0.15, -0.1) is 0 Å². The molecule has 0 radical (unpaired) electrons. The largest absolute Gasteiger partial charge is 0.303 e. The van der Waals surface area contributed by atoms with Gasteiger partial charge in [0.25, 0.3) is 0 Å². The van der Waals surface area contributed by atoms with Crippen molar-refractivity contribution in [3.8, 4) is 0 Å². The molecule has 3 aromatic rings. The number of likely N-dealkylation sites (tertiary alicyclic amines) is 2. The molecule has 33 heavy (non-hydrogen) atoms. The highest BCUT2D eigenvalue weighted by atomic mass is 32.1. The first kappa shape index (κ1) is 22.8. The van der Waals surface area contributed by atoms with E-state index < -0.39 is 0 Å². The summed E-state index contributed by atoms with van der Waals surface area (Å²) in [7, 11) is 0. The van der Waals surface area contributed by atoms with Crippen molar-refractivity contribution >= 4 is 11.3 Å². The highest BCUT2D eigenvalue weighted by Crippen LogP contribution is 2.36. The molecule has 2 aliphatic rings. The lowest BCUT2D eigenvalue weighted by molar-refractivity contribution is 0.177. The van der Waals surface area contributed by atoms with E-state index in [1.165, 1.54) is 53.7 Å². The number of rotatable bonds is 6. The van der Waals surface area contributed by atoms with Crippen LogP contribution in [0.1, 0.15) is 52.5 Å². The van der Waals surface area contributed by atoms with E-state index in [4.69, 9.17) is 0 Å². The number of thiophene rings is 1. The summed E-state index contributed by atoms with van der Waals surface area (Å²) in [5.41, 5.74) is 7.02. The van der Waals surface area contributed by atoms with Crippen LogP contribution in [0.2, 0.25) is 0 Å². The second kappa shape index (κ2) is 10.1. The standard InChI is InChI=1S/C29H35FN2S/c1-21-3-4-23(15-22(21)2)16-32-18-27(29(19-32)26-11-14-33-20-26)17-31-12-9-25(10-13-31)24-5-7-28(30)8-6-24/h3-8,11,14-15,20,25,27,29H,9-10,12-13,16-19H2,1-2H3. The second-order valence-corrected chi connectivity index (χ2v) is 10.9. The molecule has 0 spiro atoms. The third kappa shape index (κ3) is 5.40. The summed E-state index contributed by atoms with van der Waals surface area (Å²) in [5, 5.41) is 4.59. The van der Waals surface area contributed by atoms with E-state index in [2.05, 4.69) is 58.7 Å². The maximum Gasteiger partial charge on any atom is 0.123 e. The fourth-order valence-electron chi connectivity index (χ4n) is 5.81. The van der Waals surface area contributed by atoms with E-state index in [9.17, 15) is 4.39 Å². The molecule has 3 heterocycles. The first-order valence-corrected chi connectivity index (χ1v) is 13.3. The van der Waals surface area contributed by atoms with Crippen molar-refractivity contribution in [1.82, 2.24) is 9.80 Å². The Hall–Kier alpha value is -2.01. The molecule has 2 unspecified atom stereocenters. The topological polar surface area (TPSA) is 6.48 Å². The van der Waals surface area contributed by atoms with Gasteiger partial charge in [-0.05, 0) is 108 Å². The van der Waals surface area contributed by atoms with Crippen LogP contribution in [0.3, 0.4) is 0 Å². The SMILES string of the molecule is Cc1ccc(CN2CC(CN3CCC(c4ccc(F)cc4)CC3)C(c3ccsc3)C2)cc1C. The molecule has 2 nitrogen and oxygen atoms in total. The lowest BCUT2D eigenvalue weighted by Crippen LogP contribution is -2.38. The zero-order valence-electron chi connectivity index (χ0n) is 19.8. The Kier molecular flexibility index (Phi) is 6.96. The molecule has 0 saturated carbocycles. The van der Waals surface area contributed by atoms with Gasteiger partial charge in [0.1, 0.15) is 5.82 Å². The summed E-state index contributed by atoms with van der Waals surface area (Å²) in [4.78, 5) is 5.35. The van der Waals surface area contributed by atoms with E-state index in [0.717, 1.165) is 26.2 Å². The number of hydrogen-bond acceptors (Lipinski definition) is 3. The minimum atomic E-state index is -0.137. The van der Waals surface area contributed by atoms with Crippen molar-refractivity contribution in [3.05, 3.63) is 92.9 Å². The van der Waals surface area contributed by atoms with Crippen LogP contribution in [0, 0.1) is 25.6 Å². The van der Waals surface area contributed by atoms with Crippen molar-refractivity contribution < 1.29 is 4.39 Å². The molecule has 1 aromatic heterocycles. The summed E-state index contributed by atoms with van der Waals surface area (Å²) in [6.45, 7) is 11.3. The summed E-state index contributed by atoms with van der Waals surface area (Å²) in [5.74, 6) is 1.73. The Bertz CT molecular complexity index is 1040. The first-order valence-electron chi connectivity index (χ1n) is 12.3. The highest BCUT2D eigenvalue weighted by Gasteiger charge is 2.35.